The second-order valence-corrected chi connectivity index (χ2v) is 16.2. The fourth-order valence-corrected chi connectivity index (χ4v) is 10.4. The molecular formula is C33H54N2O5S. The molecule has 0 aromatic heterocycles. The largest absolute Gasteiger partial charge is 0.465 e. The summed E-state index contributed by atoms with van der Waals surface area (Å²) in [7, 11) is 0. The van der Waals surface area contributed by atoms with E-state index in [1.807, 2.05) is 4.90 Å². The molecule has 0 aromatic rings. The maximum Gasteiger partial charge on any atom is 0.310 e. The Balaban J connectivity index is 2.12. The van der Waals surface area contributed by atoms with Crippen LogP contribution in [0.2, 0.25) is 0 Å². The number of aliphatic hydroxyl groups is 1. The number of fused-ring (bicyclic) bond motifs is 1. The van der Waals surface area contributed by atoms with Gasteiger partial charge in [0, 0.05) is 17.3 Å². The molecule has 1 N–H and O–H groups in total. The van der Waals surface area contributed by atoms with E-state index in [4.69, 9.17) is 4.74 Å². The molecule has 0 radical (unpaired) electrons. The molecule has 3 unspecified atom stereocenters. The smallest absolute Gasteiger partial charge is 0.310 e. The molecule has 3 fully saturated rings. The highest BCUT2D eigenvalue weighted by atomic mass is 32.2. The topological polar surface area (TPSA) is 87.2 Å². The van der Waals surface area contributed by atoms with Crippen LogP contribution >= 0.6 is 11.8 Å². The van der Waals surface area contributed by atoms with Crippen LogP contribution in [-0.2, 0) is 19.1 Å². The second kappa shape index (κ2) is 12.8. The van der Waals surface area contributed by atoms with Gasteiger partial charge >= 0.3 is 5.97 Å². The van der Waals surface area contributed by atoms with Crippen molar-refractivity contribution < 1.29 is 24.2 Å². The van der Waals surface area contributed by atoms with Gasteiger partial charge in [-0.2, -0.15) is 0 Å². The summed E-state index contributed by atoms with van der Waals surface area (Å²) in [5.74, 6) is -1.64. The number of allylic oxidation sites excluding steroid dienone is 1. The lowest BCUT2D eigenvalue weighted by molar-refractivity contribution is -0.155. The van der Waals surface area contributed by atoms with E-state index in [0.29, 0.717) is 19.4 Å². The summed E-state index contributed by atoms with van der Waals surface area (Å²) in [5, 5.41) is 10.5. The lowest BCUT2D eigenvalue weighted by atomic mass is 9.66. The first-order chi connectivity index (χ1) is 19.1. The molecule has 0 saturated carbocycles. The number of ether oxygens (including phenoxy) is 1. The molecule has 41 heavy (non-hydrogen) atoms. The first-order valence-corrected chi connectivity index (χ1v) is 16.3. The lowest BCUT2D eigenvalue weighted by Gasteiger charge is -2.47. The molecule has 3 saturated heterocycles. The van der Waals surface area contributed by atoms with Crippen molar-refractivity contribution in [3.05, 3.63) is 25.3 Å². The van der Waals surface area contributed by atoms with Crippen molar-refractivity contribution in [1.29, 1.82) is 0 Å². The number of likely N-dealkylation sites (tertiary alicyclic amines) is 1. The molecule has 2 amide bonds. The van der Waals surface area contributed by atoms with E-state index in [0.717, 1.165) is 19.3 Å². The average molecular weight is 591 g/mol. The highest BCUT2D eigenvalue weighted by Gasteiger charge is 2.77. The third kappa shape index (κ3) is 6.43. The zero-order valence-electron chi connectivity index (χ0n) is 26.7. The molecule has 3 rings (SSSR count). The second-order valence-electron chi connectivity index (χ2n) is 14.6. The van der Waals surface area contributed by atoms with Crippen molar-refractivity contribution in [2.24, 2.45) is 29.1 Å². The van der Waals surface area contributed by atoms with Crippen molar-refractivity contribution in [3.8, 4) is 0 Å². The van der Waals surface area contributed by atoms with Gasteiger partial charge in [0.1, 0.15) is 6.04 Å². The summed E-state index contributed by atoms with van der Waals surface area (Å²) in [5.41, 5.74) is -0.539. The van der Waals surface area contributed by atoms with Gasteiger partial charge in [0.25, 0.3) is 0 Å². The van der Waals surface area contributed by atoms with Gasteiger partial charge < -0.3 is 19.6 Å². The van der Waals surface area contributed by atoms with Crippen molar-refractivity contribution in [2.75, 3.05) is 19.8 Å². The Morgan fingerprint density at radius 2 is 1.88 bits per heavy atom. The van der Waals surface area contributed by atoms with E-state index in [1.165, 1.54) is 0 Å². The summed E-state index contributed by atoms with van der Waals surface area (Å²) >= 11 is 1.65. The van der Waals surface area contributed by atoms with Gasteiger partial charge in [0.15, 0.2) is 0 Å². The molecule has 3 heterocycles. The normalized spacial score (nSPS) is 30.0. The summed E-state index contributed by atoms with van der Waals surface area (Å²) in [6.07, 6.45) is 7.07. The minimum absolute atomic E-state index is 0.0330. The standard InChI is InChI=1S/C33H54N2O5S/c1-11-13-14-16-40-30(39)25-24-18-22(5)33(41-24)26(25)28(37)35(23(19-36)17-21(3)4)27(33)29(38)34(15-12-2)32(9,10)20-31(6,7)8/h11-12,21-27,36H,1-2,13-20H2,3-10H3/t22?,23-,24+,25-,26+,27?,33?/m1/s1. The van der Waals surface area contributed by atoms with Crippen LogP contribution in [-0.4, -0.2) is 80.1 Å². The fourth-order valence-electron chi connectivity index (χ4n) is 8.02. The molecule has 3 aliphatic heterocycles. The molecule has 2 bridgehead atoms. The fraction of sp³-hybridized carbons (Fsp3) is 0.788. The van der Waals surface area contributed by atoms with Crippen LogP contribution < -0.4 is 0 Å². The Hall–Kier alpha value is -1.80. The van der Waals surface area contributed by atoms with Gasteiger partial charge in [-0.25, -0.2) is 0 Å². The molecule has 0 aromatic carbocycles. The van der Waals surface area contributed by atoms with Gasteiger partial charge in [0.05, 0.1) is 35.8 Å². The molecule has 7 nitrogen and oxygen atoms in total. The van der Waals surface area contributed by atoms with Crippen LogP contribution in [0.15, 0.2) is 25.3 Å². The number of nitrogens with zero attached hydrogens (tertiary/aromatic N) is 2. The van der Waals surface area contributed by atoms with E-state index in [2.05, 4.69) is 68.5 Å². The predicted molar refractivity (Wildman–Crippen MR) is 166 cm³/mol. The number of hydrogen-bond donors (Lipinski definition) is 1. The molecular weight excluding hydrogens is 536 g/mol. The van der Waals surface area contributed by atoms with E-state index in [9.17, 15) is 19.5 Å². The van der Waals surface area contributed by atoms with Crippen molar-refractivity contribution in [3.63, 3.8) is 0 Å². The van der Waals surface area contributed by atoms with E-state index in [1.54, 1.807) is 28.8 Å². The summed E-state index contributed by atoms with van der Waals surface area (Å²) in [4.78, 5) is 46.7. The molecule has 3 aliphatic rings. The van der Waals surface area contributed by atoms with Gasteiger partial charge in [0.2, 0.25) is 11.8 Å². The molecule has 8 heteroatoms. The zero-order valence-corrected chi connectivity index (χ0v) is 27.5. The van der Waals surface area contributed by atoms with Crippen LogP contribution in [0.25, 0.3) is 0 Å². The van der Waals surface area contributed by atoms with Crippen molar-refractivity contribution >= 4 is 29.5 Å². The van der Waals surface area contributed by atoms with Crippen LogP contribution in [0.1, 0.15) is 87.5 Å². The number of unbranched alkanes of at least 4 members (excludes halogenated alkanes) is 1. The third-order valence-electron chi connectivity index (χ3n) is 9.11. The van der Waals surface area contributed by atoms with Crippen LogP contribution in [0.3, 0.4) is 0 Å². The Bertz CT molecular complexity index is 1000. The van der Waals surface area contributed by atoms with E-state index >= 15 is 0 Å². The molecule has 232 valence electrons. The number of amides is 2. The SMILES string of the molecule is C=CCCCOC(=O)[C@@H]1[C@@H]2CC(C)C3(S2)C(C(=O)N(CC=C)C(C)(C)CC(C)(C)C)N([C@@H](CO)CC(C)C)C(=O)[C@H]13. The minimum atomic E-state index is -0.779. The number of carbonyl (C=O) groups excluding carboxylic acids is 3. The minimum Gasteiger partial charge on any atom is -0.465 e. The predicted octanol–water partition coefficient (Wildman–Crippen LogP) is 5.47. The quantitative estimate of drug-likeness (QED) is 0.164. The monoisotopic (exact) mass is 590 g/mol. The summed E-state index contributed by atoms with van der Waals surface area (Å²) in [6.45, 7) is 25.0. The van der Waals surface area contributed by atoms with Crippen molar-refractivity contribution in [2.45, 2.75) is 115 Å². The first kappa shape index (κ1) is 33.7. The van der Waals surface area contributed by atoms with Crippen LogP contribution in [0.4, 0.5) is 0 Å². The lowest BCUT2D eigenvalue weighted by Crippen LogP contribution is -2.62. The summed E-state index contributed by atoms with van der Waals surface area (Å²) in [6, 6.07) is -1.29. The van der Waals surface area contributed by atoms with Crippen LogP contribution in [0.5, 0.6) is 0 Å². The first-order valence-electron chi connectivity index (χ1n) is 15.4. The Labute approximate surface area is 252 Å². The Morgan fingerprint density at radius 1 is 1.22 bits per heavy atom. The molecule has 7 atom stereocenters. The maximum atomic E-state index is 15.0. The number of rotatable bonds is 14. The average Bonchev–Trinajstić information content (AvgIpc) is 3.45. The Morgan fingerprint density at radius 3 is 2.41 bits per heavy atom. The third-order valence-corrected chi connectivity index (χ3v) is 11.2. The number of esters is 1. The number of hydrogen-bond acceptors (Lipinski definition) is 6. The number of carbonyl (C=O) groups is 3. The van der Waals surface area contributed by atoms with E-state index < -0.39 is 34.2 Å². The van der Waals surface area contributed by atoms with Gasteiger partial charge in [-0.05, 0) is 63.2 Å². The summed E-state index contributed by atoms with van der Waals surface area (Å²) < 4.78 is 4.96. The van der Waals surface area contributed by atoms with Crippen LogP contribution in [0, 0.1) is 29.1 Å². The van der Waals surface area contributed by atoms with Gasteiger partial charge in [-0.3, -0.25) is 14.4 Å². The molecule has 1 spiro atoms. The van der Waals surface area contributed by atoms with Gasteiger partial charge in [-0.1, -0.05) is 53.7 Å². The number of thioether (sulfide) groups is 1. The van der Waals surface area contributed by atoms with Gasteiger partial charge in [-0.15, -0.1) is 24.9 Å². The Kier molecular flexibility index (Phi) is 10.5. The zero-order chi connectivity index (χ0) is 30.9. The highest BCUT2D eigenvalue weighted by Crippen LogP contribution is 2.69. The maximum absolute atomic E-state index is 15.0. The molecule has 0 aliphatic carbocycles. The van der Waals surface area contributed by atoms with E-state index in [-0.39, 0.29) is 53.5 Å². The highest BCUT2D eigenvalue weighted by molar-refractivity contribution is 8.02. The number of aliphatic hydroxyl groups excluding tert-OH is 1. The van der Waals surface area contributed by atoms with Crippen molar-refractivity contribution in [1.82, 2.24) is 9.80 Å².